The molecule has 0 atom stereocenters. The van der Waals surface area contributed by atoms with Crippen LogP contribution in [0.15, 0.2) is 53.0 Å². The topological polar surface area (TPSA) is 65.6 Å². The molecule has 1 aliphatic carbocycles. The van der Waals surface area contributed by atoms with Crippen LogP contribution in [0.1, 0.15) is 55.6 Å². The predicted molar refractivity (Wildman–Crippen MR) is 105 cm³/mol. The number of ether oxygens (including phenoxy) is 1. The molecule has 0 N–H and O–H groups in total. The molecule has 0 fully saturated rings. The van der Waals surface area contributed by atoms with E-state index in [2.05, 4.69) is 35.5 Å². The fourth-order valence-corrected chi connectivity index (χ4v) is 2.98. The van der Waals surface area contributed by atoms with Crippen molar-refractivity contribution < 1.29 is 9.53 Å². The fraction of sp³-hybridized carbons (Fsp3) is 0.381. The first-order valence-electron chi connectivity index (χ1n) is 9.33. The quantitative estimate of drug-likeness (QED) is 0.731. The van der Waals surface area contributed by atoms with E-state index in [4.69, 9.17) is 4.74 Å². The lowest BCUT2D eigenvalue weighted by atomic mass is 10.1. The largest absolute Gasteiger partial charge is 0.462 e. The van der Waals surface area contributed by atoms with Crippen molar-refractivity contribution in [3.63, 3.8) is 0 Å². The molecule has 0 bridgehead atoms. The molecule has 0 unspecified atom stereocenters. The average Bonchev–Trinajstić information content (AvgIpc) is 2.94. The van der Waals surface area contributed by atoms with E-state index in [1.54, 1.807) is 13.1 Å². The molecule has 0 amide bonds. The van der Waals surface area contributed by atoms with Gasteiger partial charge in [-0.3, -0.25) is 4.79 Å². The number of aryl methyl sites for hydroxylation is 1. The van der Waals surface area contributed by atoms with E-state index >= 15 is 0 Å². The first-order chi connectivity index (χ1) is 13.0. The summed E-state index contributed by atoms with van der Waals surface area (Å²) in [5.41, 5.74) is 2.27. The molecule has 0 radical (unpaired) electrons. The van der Waals surface area contributed by atoms with Gasteiger partial charge in [-0.2, -0.15) is 9.61 Å². The van der Waals surface area contributed by atoms with Gasteiger partial charge in [0.2, 0.25) is 0 Å². The lowest BCUT2D eigenvalue weighted by Crippen LogP contribution is -2.27. The van der Waals surface area contributed by atoms with Gasteiger partial charge in [-0.15, -0.1) is 0 Å². The van der Waals surface area contributed by atoms with Gasteiger partial charge in [0.25, 0.3) is 5.56 Å². The van der Waals surface area contributed by atoms with E-state index in [1.807, 2.05) is 24.5 Å². The zero-order valence-corrected chi connectivity index (χ0v) is 16.0. The van der Waals surface area contributed by atoms with E-state index in [1.165, 1.54) is 10.1 Å². The second kappa shape index (κ2) is 8.20. The van der Waals surface area contributed by atoms with E-state index < -0.39 is 11.5 Å². The molecule has 0 saturated carbocycles. The minimum Gasteiger partial charge on any atom is -0.462 e. The zero-order valence-electron chi connectivity index (χ0n) is 16.0. The summed E-state index contributed by atoms with van der Waals surface area (Å²) in [5, 5.41) is 4.42. The number of rotatable bonds is 6. The molecule has 2 aromatic rings. The third kappa shape index (κ3) is 4.10. The SMILES string of the molecule is CCOC(=O)c1cn(CCC2=CC=CCC=C2)c2cc(C(C)C)nn2c1=O. The standard InChI is InChI=1S/C21H25N3O3/c1-4-27-21(26)17-14-23(12-11-16-9-7-5-6-8-10-16)19-13-18(15(2)3)22-24(19)20(17)25/h5,7-10,13-15H,4,6,11-12H2,1-3H3. The van der Waals surface area contributed by atoms with Crippen LogP contribution in [-0.4, -0.2) is 26.8 Å². The van der Waals surface area contributed by atoms with E-state index in [9.17, 15) is 9.59 Å². The number of esters is 1. The summed E-state index contributed by atoms with van der Waals surface area (Å²) in [4.78, 5) is 25.0. The summed E-state index contributed by atoms with van der Waals surface area (Å²) in [6.45, 7) is 6.62. The predicted octanol–water partition coefficient (Wildman–Crippen LogP) is 3.63. The van der Waals surface area contributed by atoms with Crippen LogP contribution in [0.4, 0.5) is 0 Å². The van der Waals surface area contributed by atoms with Crippen LogP contribution in [0.5, 0.6) is 0 Å². The zero-order chi connectivity index (χ0) is 19.4. The Balaban J connectivity index is 2.04. The lowest BCUT2D eigenvalue weighted by Gasteiger charge is -2.11. The average molecular weight is 367 g/mol. The number of aromatic nitrogens is 3. The smallest absolute Gasteiger partial charge is 0.345 e. The van der Waals surface area contributed by atoms with Crippen molar-refractivity contribution in [1.82, 2.24) is 14.2 Å². The van der Waals surface area contributed by atoms with E-state index in [0.717, 1.165) is 18.5 Å². The van der Waals surface area contributed by atoms with Crippen molar-refractivity contribution >= 4 is 11.6 Å². The molecule has 142 valence electrons. The molecular formula is C21H25N3O3. The summed E-state index contributed by atoms with van der Waals surface area (Å²) < 4.78 is 8.28. The number of nitrogens with zero attached hydrogens (tertiary/aromatic N) is 3. The first-order valence-corrected chi connectivity index (χ1v) is 9.33. The number of allylic oxidation sites excluding steroid dienone is 6. The maximum Gasteiger partial charge on any atom is 0.345 e. The Hall–Kier alpha value is -2.89. The van der Waals surface area contributed by atoms with Crippen LogP contribution in [-0.2, 0) is 11.3 Å². The van der Waals surface area contributed by atoms with Gasteiger partial charge in [0.1, 0.15) is 11.2 Å². The molecule has 2 heterocycles. The summed E-state index contributed by atoms with van der Waals surface area (Å²) in [6, 6.07) is 1.91. The van der Waals surface area contributed by atoms with Gasteiger partial charge in [0.15, 0.2) is 0 Å². The highest BCUT2D eigenvalue weighted by atomic mass is 16.5. The number of carbonyl (C=O) groups excluding carboxylic acids is 1. The number of carbonyl (C=O) groups is 1. The van der Waals surface area contributed by atoms with Gasteiger partial charge < -0.3 is 9.30 Å². The van der Waals surface area contributed by atoms with Crippen molar-refractivity contribution in [2.45, 2.75) is 46.1 Å². The molecule has 0 saturated heterocycles. The van der Waals surface area contributed by atoms with Crippen LogP contribution in [0.3, 0.4) is 0 Å². The molecule has 2 aromatic heterocycles. The molecule has 0 aliphatic heterocycles. The second-order valence-electron chi connectivity index (χ2n) is 6.81. The Morgan fingerprint density at radius 3 is 2.89 bits per heavy atom. The minimum absolute atomic E-state index is 0.00744. The van der Waals surface area contributed by atoms with Crippen LogP contribution in [0.25, 0.3) is 5.65 Å². The highest BCUT2D eigenvalue weighted by molar-refractivity contribution is 5.88. The molecular weight excluding hydrogens is 342 g/mol. The lowest BCUT2D eigenvalue weighted by molar-refractivity contribution is 0.0522. The maximum atomic E-state index is 12.7. The summed E-state index contributed by atoms with van der Waals surface area (Å²) in [5.74, 6) is -0.433. The normalized spacial score (nSPS) is 13.9. The van der Waals surface area contributed by atoms with Crippen molar-refractivity contribution in [3.05, 3.63) is 69.8 Å². The van der Waals surface area contributed by atoms with E-state index in [0.29, 0.717) is 12.2 Å². The Morgan fingerprint density at radius 1 is 1.33 bits per heavy atom. The summed E-state index contributed by atoms with van der Waals surface area (Å²) >= 11 is 0. The maximum absolute atomic E-state index is 12.7. The molecule has 27 heavy (non-hydrogen) atoms. The van der Waals surface area contributed by atoms with Gasteiger partial charge >= 0.3 is 5.97 Å². The highest BCUT2D eigenvalue weighted by Gasteiger charge is 2.19. The molecule has 0 aromatic carbocycles. The highest BCUT2D eigenvalue weighted by Crippen LogP contribution is 2.17. The number of hydrogen-bond acceptors (Lipinski definition) is 4. The van der Waals surface area contributed by atoms with Gasteiger partial charge in [-0.25, -0.2) is 4.79 Å². The summed E-state index contributed by atoms with van der Waals surface area (Å²) in [6.07, 6.45) is 13.8. The van der Waals surface area contributed by atoms with Crippen molar-refractivity contribution in [2.24, 2.45) is 0 Å². The van der Waals surface area contributed by atoms with Crippen LogP contribution < -0.4 is 5.56 Å². The third-order valence-electron chi connectivity index (χ3n) is 4.49. The second-order valence-corrected chi connectivity index (χ2v) is 6.81. The van der Waals surface area contributed by atoms with Crippen LogP contribution >= 0.6 is 0 Å². The Morgan fingerprint density at radius 2 is 2.15 bits per heavy atom. The van der Waals surface area contributed by atoms with Gasteiger partial charge in [0, 0.05) is 18.8 Å². The fourth-order valence-electron chi connectivity index (χ4n) is 2.98. The number of hydrogen-bond donors (Lipinski definition) is 0. The van der Waals surface area contributed by atoms with Gasteiger partial charge in [0.05, 0.1) is 12.3 Å². The first kappa shape index (κ1) is 18.9. The monoisotopic (exact) mass is 367 g/mol. The van der Waals surface area contributed by atoms with Crippen LogP contribution in [0.2, 0.25) is 0 Å². The van der Waals surface area contributed by atoms with Crippen LogP contribution in [0, 0.1) is 0 Å². The third-order valence-corrected chi connectivity index (χ3v) is 4.49. The molecule has 1 aliphatic rings. The van der Waals surface area contributed by atoms with Crippen molar-refractivity contribution in [1.29, 1.82) is 0 Å². The Kier molecular flexibility index (Phi) is 5.74. The molecule has 0 spiro atoms. The van der Waals surface area contributed by atoms with Crippen molar-refractivity contribution in [2.75, 3.05) is 6.61 Å². The Labute approximate surface area is 158 Å². The minimum atomic E-state index is -0.615. The molecule has 6 heteroatoms. The van der Waals surface area contributed by atoms with E-state index in [-0.39, 0.29) is 18.1 Å². The van der Waals surface area contributed by atoms with Gasteiger partial charge in [-0.1, -0.05) is 44.2 Å². The van der Waals surface area contributed by atoms with Crippen molar-refractivity contribution in [3.8, 4) is 0 Å². The Bertz CT molecular complexity index is 990. The van der Waals surface area contributed by atoms with Gasteiger partial charge in [-0.05, 0) is 31.3 Å². The molecule has 3 rings (SSSR count). The molecule has 6 nitrogen and oxygen atoms in total. The summed E-state index contributed by atoms with van der Waals surface area (Å²) in [7, 11) is 0. The number of fused-ring (bicyclic) bond motifs is 1.